The van der Waals surface area contributed by atoms with Gasteiger partial charge >= 0.3 is 12.4 Å². The lowest BCUT2D eigenvalue weighted by Gasteiger charge is -2.13. The van der Waals surface area contributed by atoms with Gasteiger partial charge < -0.3 is 10.2 Å². The van der Waals surface area contributed by atoms with Gasteiger partial charge in [-0.15, -0.1) is 0 Å². The van der Waals surface area contributed by atoms with Gasteiger partial charge in [0.2, 0.25) is 0 Å². The molecule has 2 unspecified atom stereocenters. The van der Waals surface area contributed by atoms with Crippen molar-refractivity contribution in [2.75, 3.05) is 0 Å². The molecule has 2 aromatic rings. The second kappa shape index (κ2) is 8.98. The number of pyridine rings is 2. The van der Waals surface area contributed by atoms with E-state index in [0.717, 1.165) is 12.1 Å². The molecule has 4 nitrogen and oxygen atoms in total. The van der Waals surface area contributed by atoms with Crippen LogP contribution < -0.4 is 0 Å². The molecule has 2 atom stereocenters. The average Bonchev–Trinajstić information content (AvgIpc) is 2.53. The highest BCUT2D eigenvalue weighted by atomic mass is 79.9. The number of nitrogens with zero attached hydrogens (tertiary/aromatic N) is 2. The van der Waals surface area contributed by atoms with E-state index in [1.807, 2.05) is 0 Å². The molecule has 0 saturated heterocycles. The molecular formula is C16H15BrF6N2O2. The zero-order valence-corrected chi connectivity index (χ0v) is 15.6. The molecule has 0 spiro atoms. The van der Waals surface area contributed by atoms with Gasteiger partial charge in [0.15, 0.2) is 0 Å². The van der Waals surface area contributed by atoms with Gasteiger partial charge in [-0.25, -0.2) is 0 Å². The van der Waals surface area contributed by atoms with Crippen molar-refractivity contribution in [2.45, 2.75) is 38.4 Å². The maximum absolute atomic E-state index is 12.4. The lowest BCUT2D eigenvalue weighted by Crippen LogP contribution is -2.12. The van der Waals surface area contributed by atoms with E-state index < -0.39 is 35.7 Å². The Labute approximate surface area is 159 Å². The van der Waals surface area contributed by atoms with Crippen molar-refractivity contribution in [3.8, 4) is 0 Å². The monoisotopic (exact) mass is 460 g/mol. The maximum atomic E-state index is 12.4. The second-order valence-electron chi connectivity index (χ2n) is 5.37. The van der Waals surface area contributed by atoms with Crippen LogP contribution in [0.3, 0.4) is 0 Å². The van der Waals surface area contributed by atoms with E-state index in [2.05, 4.69) is 25.9 Å². The molecule has 2 aromatic heterocycles. The van der Waals surface area contributed by atoms with Crippen molar-refractivity contribution in [1.82, 2.24) is 9.97 Å². The fraction of sp³-hybridized carbons (Fsp3) is 0.375. The SMILES string of the molecule is CC(O)c1ncc(Br)cc1C(F)(F)F.CC(O)c1ncccc1C(F)(F)F. The Morgan fingerprint density at radius 3 is 1.78 bits per heavy atom. The van der Waals surface area contributed by atoms with Crippen LogP contribution in [0.5, 0.6) is 0 Å². The molecule has 0 saturated carbocycles. The Hall–Kier alpha value is -1.72. The standard InChI is InChI=1S/C8H7BrF3NO.C8H8F3NO/c1-4(14)7-6(8(10,11)12)2-5(9)3-13-7;1-5(13)7-6(8(9,10)11)3-2-4-12-7/h2-4,14H,1H3;2-5,13H,1H3. The summed E-state index contributed by atoms with van der Waals surface area (Å²) in [6.45, 7) is 2.49. The normalized spacial score (nSPS) is 14.2. The summed E-state index contributed by atoms with van der Waals surface area (Å²) >= 11 is 2.89. The zero-order valence-electron chi connectivity index (χ0n) is 14.0. The Kier molecular flexibility index (Phi) is 7.76. The van der Waals surface area contributed by atoms with Crippen LogP contribution in [0.1, 0.15) is 48.6 Å². The van der Waals surface area contributed by atoms with Crippen LogP contribution in [0.25, 0.3) is 0 Å². The molecule has 2 heterocycles. The van der Waals surface area contributed by atoms with E-state index in [1.54, 1.807) is 0 Å². The minimum absolute atomic E-state index is 0.231. The number of halogens is 7. The van der Waals surface area contributed by atoms with Crippen molar-refractivity contribution in [3.63, 3.8) is 0 Å². The van der Waals surface area contributed by atoms with Crippen LogP contribution in [-0.2, 0) is 12.4 Å². The van der Waals surface area contributed by atoms with Gasteiger partial charge in [-0.05, 0) is 48.0 Å². The molecule has 2 N–H and O–H groups in total. The van der Waals surface area contributed by atoms with Gasteiger partial charge in [-0.2, -0.15) is 26.3 Å². The van der Waals surface area contributed by atoms with Gasteiger partial charge in [-0.1, -0.05) is 0 Å². The van der Waals surface area contributed by atoms with E-state index >= 15 is 0 Å². The quantitative estimate of drug-likeness (QED) is 0.614. The summed E-state index contributed by atoms with van der Waals surface area (Å²) < 4.78 is 74.3. The van der Waals surface area contributed by atoms with Gasteiger partial charge in [0.05, 0.1) is 34.7 Å². The van der Waals surface area contributed by atoms with Gasteiger partial charge in [0.1, 0.15) is 0 Å². The molecule has 0 aliphatic heterocycles. The molecule has 2 rings (SSSR count). The van der Waals surface area contributed by atoms with Crippen molar-refractivity contribution in [2.24, 2.45) is 0 Å². The summed E-state index contributed by atoms with van der Waals surface area (Å²) in [7, 11) is 0. The zero-order chi connectivity index (χ0) is 21.0. The minimum atomic E-state index is -4.50. The average molecular weight is 461 g/mol. The molecule has 11 heteroatoms. The summed E-state index contributed by atoms with van der Waals surface area (Å²) in [5.74, 6) is 0. The number of hydrogen-bond acceptors (Lipinski definition) is 4. The third kappa shape index (κ3) is 6.74. The number of rotatable bonds is 2. The number of alkyl halides is 6. The predicted molar refractivity (Wildman–Crippen MR) is 87.4 cm³/mol. The summed E-state index contributed by atoms with van der Waals surface area (Å²) in [6, 6.07) is 2.98. The lowest BCUT2D eigenvalue weighted by molar-refractivity contribution is -0.140. The first kappa shape index (κ1) is 23.3. The number of aliphatic hydroxyl groups is 2. The molecular weight excluding hydrogens is 446 g/mol. The number of aromatic nitrogens is 2. The molecule has 0 aromatic carbocycles. The number of hydrogen-bond donors (Lipinski definition) is 2. The van der Waals surface area contributed by atoms with Crippen molar-refractivity contribution < 1.29 is 36.6 Å². The first-order chi connectivity index (χ1) is 12.2. The van der Waals surface area contributed by atoms with Crippen molar-refractivity contribution in [3.05, 3.63) is 57.6 Å². The molecule has 0 bridgehead atoms. The van der Waals surface area contributed by atoms with Crippen LogP contribution in [0.2, 0.25) is 0 Å². The highest BCUT2D eigenvalue weighted by Gasteiger charge is 2.36. The van der Waals surface area contributed by atoms with Crippen LogP contribution in [0, 0.1) is 0 Å². The maximum Gasteiger partial charge on any atom is 0.418 e. The summed E-state index contributed by atoms with van der Waals surface area (Å²) in [5.41, 5.74) is -2.50. The van der Waals surface area contributed by atoms with Crippen LogP contribution in [0.15, 0.2) is 35.1 Å². The fourth-order valence-electron chi connectivity index (χ4n) is 2.00. The highest BCUT2D eigenvalue weighted by Crippen LogP contribution is 2.35. The molecule has 0 amide bonds. The van der Waals surface area contributed by atoms with E-state index in [0.29, 0.717) is 0 Å². The Morgan fingerprint density at radius 2 is 1.37 bits per heavy atom. The van der Waals surface area contributed by atoms with E-state index in [9.17, 15) is 26.3 Å². The molecule has 0 fully saturated rings. The summed E-state index contributed by atoms with van der Waals surface area (Å²) in [6.07, 6.45) is -8.96. The fourth-order valence-corrected chi connectivity index (χ4v) is 2.33. The van der Waals surface area contributed by atoms with Crippen molar-refractivity contribution in [1.29, 1.82) is 0 Å². The van der Waals surface area contributed by atoms with E-state index in [4.69, 9.17) is 10.2 Å². The molecule has 0 aliphatic carbocycles. The Morgan fingerprint density at radius 1 is 0.889 bits per heavy atom. The van der Waals surface area contributed by atoms with Crippen molar-refractivity contribution >= 4 is 15.9 Å². The highest BCUT2D eigenvalue weighted by molar-refractivity contribution is 9.10. The smallest absolute Gasteiger partial charge is 0.387 e. The summed E-state index contributed by atoms with van der Waals surface area (Å²) in [4.78, 5) is 7.00. The van der Waals surface area contributed by atoms with Crippen LogP contribution >= 0.6 is 15.9 Å². The predicted octanol–water partition coefficient (Wildman–Crippen LogP) is 5.07. The Bertz CT molecular complexity index is 763. The molecule has 0 aliphatic rings. The minimum Gasteiger partial charge on any atom is -0.387 e. The molecule has 150 valence electrons. The van der Waals surface area contributed by atoms with E-state index in [-0.39, 0.29) is 15.9 Å². The second-order valence-corrected chi connectivity index (χ2v) is 6.29. The summed E-state index contributed by atoms with van der Waals surface area (Å²) in [5, 5.41) is 18.1. The van der Waals surface area contributed by atoms with Gasteiger partial charge in [0.25, 0.3) is 0 Å². The molecule has 0 radical (unpaired) electrons. The first-order valence-corrected chi connectivity index (χ1v) is 8.15. The molecule has 27 heavy (non-hydrogen) atoms. The first-order valence-electron chi connectivity index (χ1n) is 7.36. The Balaban J connectivity index is 0.000000271. The van der Waals surface area contributed by atoms with E-state index in [1.165, 1.54) is 32.3 Å². The van der Waals surface area contributed by atoms with Gasteiger partial charge in [0, 0.05) is 16.9 Å². The van der Waals surface area contributed by atoms with Gasteiger partial charge in [-0.3, -0.25) is 9.97 Å². The van der Waals surface area contributed by atoms with Crippen LogP contribution in [-0.4, -0.2) is 20.2 Å². The topological polar surface area (TPSA) is 66.2 Å². The third-order valence-corrected chi connectivity index (χ3v) is 3.56. The number of aliphatic hydroxyl groups excluding tert-OH is 2. The van der Waals surface area contributed by atoms with Crippen LogP contribution in [0.4, 0.5) is 26.3 Å². The lowest BCUT2D eigenvalue weighted by atomic mass is 10.1. The largest absolute Gasteiger partial charge is 0.418 e. The third-order valence-electron chi connectivity index (χ3n) is 3.13.